The first-order valence-electron chi connectivity index (χ1n) is 10.1. The van der Waals surface area contributed by atoms with E-state index in [0.29, 0.717) is 37.6 Å². The van der Waals surface area contributed by atoms with Crippen molar-refractivity contribution < 1.29 is 22.7 Å². The molecular weight excluding hydrogens is 448 g/mol. The lowest BCUT2D eigenvalue weighted by atomic mass is 10.2. The van der Waals surface area contributed by atoms with Gasteiger partial charge in [-0.25, -0.2) is 13.4 Å². The summed E-state index contributed by atoms with van der Waals surface area (Å²) in [5.41, 5.74) is 1.34. The van der Waals surface area contributed by atoms with Crippen molar-refractivity contribution in [2.24, 2.45) is 0 Å². The first-order chi connectivity index (χ1) is 15.3. The Morgan fingerprint density at radius 1 is 1.09 bits per heavy atom. The van der Waals surface area contributed by atoms with Crippen molar-refractivity contribution in [1.29, 1.82) is 0 Å². The molecule has 2 aromatic carbocycles. The number of amides is 1. The Balaban J connectivity index is 1.51. The lowest BCUT2D eigenvalue weighted by Crippen LogP contribution is -2.28. The van der Waals surface area contributed by atoms with Crippen LogP contribution >= 0.6 is 11.3 Å². The summed E-state index contributed by atoms with van der Waals surface area (Å²) in [5.74, 6) is 1.13. The maximum atomic E-state index is 12.7. The van der Waals surface area contributed by atoms with Gasteiger partial charge in [0.25, 0.3) is 5.91 Å². The van der Waals surface area contributed by atoms with E-state index >= 15 is 0 Å². The highest BCUT2D eigenvalue weighted by Crippen LogP contribution is 2.26. The molecule has 0 N–H and O–H groups in total. The van der Waals surface area contributed by atoms with E-state index in [1.54, 1.807) is 29.5 Å². The third-order valence-electron chi connectivity index (χ3n) is 4.62. The summed E-state index contributed by atoms with van der Waals surface area (Å²) in [7, 11) is -1.55. The van der Waals surface area contributed by atoms with Crippen LogP contribution in [0.25, 0.3) is 10.6 Å². The summed E-state index contributed by atoms with van der Waals surface area (Å²) < 4.78 is 34.4. The molecule has 32 heavy (non-hydrogen) atoms. The van der Waals surface area contributed by atoms with Crippen LogP contribution in [0.2, 0.25) is 0 Å². The SMILES string of the molecule is CCOc1ccc(-c2nc(C(=O)N(C)CCCOc3cccc(S(C)(=O)=O)c3)cs2)cc1. The quantitative estimate of drug-likeness (QED) is 0.410. The normalized spacial score (nSPS) is 11.2. The fourth-order valence-corrected chi connectivity index (χ4v) is 4.40. The van der Waals surface area contributed by atoms with Crippen molar-refractivity contribution in [3.63, 3.8) is 0 Å². The molecule has 9 heteroatoms. The van der Waals surface area contributed by atoms with Crippen molar-refractivity contribution in [3.05, 3.63) is 59.6 Å². The van der Waals surface area contributed by atoms with Crippen molar-refractivity contribution in [2.75, 3.05) is 33.1 Å². The molecule has 1 heterocycles. The van der Waals surface area contributed by atoms with Crippen molar-refractivity contribution in [3.8, 4) is 22.1 Å². The molecule has 0 saturated heterocycles. The number of ether oxygens (including phenoxy) is 2. The van der Waals surface area contributed by atoms with E-state index < -0.39 is 9.84 Å². The Labute approximate surface area is 192 Å². The lowest BCUT2D eigenvalue weighted by molar-refractivity contribution is 0.0783. The zero-order valence-electron chi connectivity index (χ0n) is 18.3. The van der Waals surface area contributed by atoms with Crippen LogP contribution in [-0.2, 0) is 9.84 Å². The third-order valence-corrected chi connectivity index (χ3v) is 6.62. The second-order valence-electron chi connectivity index (χ2n) is 7.17. The van der Waals surface area contributed by atoms with E-state index in [2.05, 4.69) is 4.98 Å². The number of carbonyl (C=O) groups excluding carboxylic acids is 1. The number of hydrogen-bond acceptors (Lipinski definition) is 7. The number of rotatable bonds is 10. The highest BCUT2D eigenvalue weighted by molar-refractivity contribution is 7.90. The van der Waals surface area contributed by atoms with Crippen LogP contribution in [0.4, 0.5) is 0 Å². The molecule has 1 amide bonds. The van der Waals surface area contributed by atoms with Gasteiger partial charge in [0, 0.05) is 30.8 Å². The third kappa shape index (κ3) is 6.30. The number of thiazole rings is 1. The van der Waals surface area contributed by atoms with Gasteiger partial charge in [0.05, 0.1) is 18.1 Å². The van der Waals surface area contributed by atoms with E-state index in [0.717, 1.165) is 22.6 Å². The van der Waals surface area contributed by atoms with Crippen LogP contribution in [0.1, 0.15) is 23.8 Å². The fraction of sp³-hybridized carbons (Fsp3) is 0.304. The predicted octanol–water partition coefficient (Wildman–Crippen LogP) is 4.15. The van der Waals surface area contributed by atoms with Crippen molar-refractivity contribution in [2.45, 2.75) is 18.2 Å². The van der Waals surface area contributed by atoms with Crippen molar-refractivity contribution in [1.82, 2.24) is 9.88 Å². The molecule has 170 valence electrons. The van der Waals surface area contributed by atoms with Crippen LogP contribution in [0, 0.1) is 0 Å². The smallest absolute Gasteiger partial charge is 0.273 e. The second-order valence-corrected chi connectivity index (χ2v) is 10.0. The molecule has 0 aliphatic carbocycles. The monoisotopic (exact) mass is 474 g/mol. The fourth-order valence-electron chi connectivity index (χ4n) is 2.95. The molecule has 3 aromatic rings. The number of hydrogen-bond donors (Lipinski definition) is 0. The summed E-state index contributed by atoms with van der Waals surface area (Å²) in [5, 5.41) is 2.54. The number of benzene rings is 2. The van der Waals surface area contributed by atoms with Gasteiger partial charge in [-0.1, -0.05) is 6.07 Å². The molecular formula is C23H26N2O5S2. The molecule has 0 fully saturated rings. The molecule has 7 nitrogen and oxygen atoms in total. The van der Waals surface area contributed by atoms with E-state index in [9.17, 15) is 13.2 Å². The van der Waals surface area contributed by atoms with Gasteiger partial charge in [-0.3, -0.25) is 4.79 Å². The summed E-state index contributed by atoms with van der Waals surface area (Å²) >= 11 is 1.42. The van der Waals surface area contributed by atoms with E-state index in [1.807, 2.05) is 31.2 Å². The topological polar surface area (TPSA) is 85.8 Å². The van der Waals surface area contributed by atoms with Gasteiger partial charge in [0.15, 0.2) is 9.84 Å². The minimum absolute atomic E-state index is 0.155. The largest absolute Gasteiger partial charge is 0.494 e. The van der Waals surface area contributed by atoms with Gasteiger partial charge in [-0.2, -0.15) is 0 Å². The number of nitrogens with zero attached hydrogens (tertiary/aromatic N) is 2. The first kappa shape index (κ1) is 23.7. The van der Waals surface area contributed by atoms with Crippen molar-refractivity contribution >= 4 is 27.1 Å². The molecule has 0 atom stereocenters. The average molecular weight is 475 g/mol. The van der Waals surface area contributed by atoms with Gasteiger partial charge in [0.2, 0.25) is 0 Å². The Kier molecular flexibility index (Phi) is 7.87. The molecule has 0 bridgehead atoms. The van der Waals surface area contributed by atoms with Crippen LogP contribution in [0.3, 0.4) is 0 Å². The van der Waals surface area contributed by atoms with Gasteiger partial charge < -0.3 is 14.4 Å². The van der Waals surface area contributed by atoms with Crippen LogP contribution in [0.5, 0.6) is 11.5 Å². The molecule has 0 spiro atoms. The molecule has 0 radical (unpaired) electrons. The van der Waals surface area contributed by atoms with Gasteiger partial charge in [-0.15, -0.1) is 11.3 Å². The Morgan fingerprint density at radius 2 is 1.84 bits per heavy atom. The maximum absolute atomic E-state index is 12.7. The summed E-state index contributed by atoms with van der Waals surface area (Å²) in [4.78, 5) is 19.0. The summed E-state index contributed by atoms with van der Waals surface area (Å²) in [6.45, 7) is 3.39. The lowest BCUT2D eigenvalue weighted by Gasteiger charge is -2.16. The molecule has 3 rings (SSSR count). The maximum Gasteiger partial charge on any atom is 0.273 e. The predicted molar refractivity (Wildman–Crippen MR) is 125 cm³/mol. The van der Waals surface area contributed by atoms with Crippen LogP contribution in [0.15, 0.2) is 58.8 Å². The first-order valence-corrected chi connectivity index (χ1v) is 12.9. The van der Waals surface area contributed by atoms with E-state index in [1.165, 1.54) is 23.5 Å². The van der Waals surface area contributed by atoms with E-state index in [4.69, 9.17) is 9.47 Å². The van der Waals surface area contributed by atoms with E-state index in [-0.39, 0.29) is 10.8 Å². The van der Waals surface area contributed by atoms with Gasteiger partial charge in [0.1, 0.15) is 22.2 Å². The van der Waals surface area contributed by atoms with Gasteiger partial charge >= 0.3 is 0 Å². The highest BCUT2D eigenvalue weighted by atomic mass is 32.2. The zero-order valence-corrected chi connectivity index (χ0v) is 19.9. The Morgan fingerprint density at radius 3 is 2.53 bits per heavy atom. The van der Waals surface area contributed by atoms with Gasteiger partial charge in [-0.05, 0) is 55.8 Å². The number of carbonyl (C=O) groups is 1. The zero-order chi connectivity index (χ0) is 23.1. The standard InChI is InChI=1S/C23H26N2O5S2/c1-4-29-18-11-9-17(10-12-18)22-24-21(16-31-22)23(26)25(2)13-6-14-30-19-7-5-8-20(15-19)32(3,27)28/h5,7-12,15-16H,4,6,13-14H2,1-3H3. The Bertz CT molecular complexity index is 1160. The number of sulfone groups is 1. The highest BCUT2D eigenvalue weighted by Gasteiger charge is 2.16. The molecule has 0 saturated carbocycles. The molecule has 0 aliphatic rings. The minimum atomic E-state index is -3.28. The summed E-state index contributed by atoms with van der Waals surface area (Å²) in [6, 6.07) is 14.0. The molecule has 1 aromatic heterocycles. The second kappa shape index (κ2) is 10.6. The minimum Gasteiger partial charge on any atom is -0.494 e. The van der Waals surface area contributed by atoms with Crippen LogP contribution < -0.4 is 9.47 Å². The summed E-state index contributed by atoms with van der Waals surface area (Å²) in [6.07, 6.45) is 1.76. The Hall–Kier alpha value is -2.91. The molecule has 0 unspecified atom stereocenters. The average Bonchev–Trinajstić information content (AvgIpc) is 3.27. The number of aromatic nitrogens is 1. The molecule has 0 aliphatic heterocycles. The van der Waals surface area contributed by atoms with Crippen LogP contribution in [-0.4, -0.2) is 57.3 Å².